The molecule has 0 saturated carbocycles. The topological polar surface area (TPSA) is 55.8 Å². The standard InChI is InChI=1S/C7H6O4/c8-7(10-11-9)6-4-2-1-3-5-6/h1-5,9H. The van der Waals surface area contributed by atoms with Crippen LogP contribution in [0.4, 0.5) is 0 Å². The van der Waals surface area contributed by atoms with Crippen molar-refractivity contribution in [2.75, 3.05) is 0 Å². The summed E-state index contributed by atoms with van der Waals surface area (Å²) in [5.41, 5.74) is 0.321. The van der Waals surface area contributed by atoms with Gasteiger partial charge < -0.3 is 0 Å². The maximum Gasteiger partial charge on any atom is 0.376 e. The molecule has 4 nitrogen and oxygen atoms in total. The Labute approximate surface area is 62.8 Å². The number of benzene rings is 1. The monoisotopic (exact) mass is 154 g/mol. The van der Waals surface area contributed by atoms with Crippen molar-refractivity contribution in [3.05, 3.63) is 35.9 Å². The highest BCUT2D eigenvalue weighted by Gasteiger charge is 2.05. The molecule has 0 aliphatic heterocycles. The molecule has 0 atom stereocenters. The molecule has 0 saturated heterocycles. The Kier molecular flexibility index (Phi) is 2.59. The molecule has 0 aliphatic carbocycles. The van der Waals surface area contributed by atoms with E-state index in [9.17, 15) is 4.79 Å². The van der Waals surface area contributed by atoms with Gasteiger partial charge >= 0.3 is 5.97 Å². The molecule has 0 heterocycles. The average molecular weight is 154 g/mol. The normalized spacial score (nSPS) is 9.18. The summed E-state index contributed by atoms with van der Waals surface area (Å²) in [6.45, 7) is 0. The summed E-state index contributed by atoms with van der Waals surface area (Å²) < 4.78 is 0. The van der Waals surface area contributed by atoms with Crippen LogP contribution in [0.2, 0.25) is 0 Å². The van der Waals surface area contributed by atoms with Crippen molar-refractivity contribution in [3.8, 4) is 0 Å². The van der Waals surface area contributed by atoms with Gasteiger partial charge in [-0.25, -0.2) is 10.1 Å². The van der Waals surface area contributed by atoms with Crippen molar-refractivity contribution in [2.24, 2.45) is 0 Å². The Morgan fingerprint density at radius 1 is 1.27 bits per heavy atom. The van der Waals surface area contributed by atoms with Crippen molar-refractivity contribution in [3.63, 3.8) is 0 Å². The van der Waals surface area contributed by atoms with E-state index in [4.69, 9.17) is 5.26 Å². The second-order valence-electron chi connectivity index (χ2n) is 1.81. The van der Waals surface area contributed by atoms with Gasteiger partial charge in [0.15, 0.2) is 0 Å². The highest BCUT2D eigenvalue weighted by Crippen LogP contribution is 2.00. The Morgan fingerprint density at radius 3 is 2.45 bits per heavy atom. The second kappa shape index (κ2) is 3.70. The van der Waals surface area contributed by atoms with Crippen LogP contribution in [-0.2, 0) is 9.93 Å². The molecular weight excluding hydrogens is 148 g/mol. The maximum atomic E-state index is 10.7. The number of hydrogen-bond donors (Lipinski definition) is 1. The minimum atomic E-state index is -0.729. The fourth-order valence-corrected chi connectivity index (χ4v) is 0.656. The van der Waals surface area contributed by atoms with Crippen molar-refractivity contribution >= 4 is 5.97 Å². The smallest absolute Gasteiger partial charge is 0.263 e. The lowest BCUT2D eigenvalue weighted by molar-refractivity contribution is -0.455. The van der Waals surface area contributed by atoms with E-state index in [-0.39, 0.29) is 0 Å². The number of rotatable bonds is 2. The van der Waals surface area contributed by atoms with E-state index < -0.39 is 5.97 Å². The summed E-state index contributed by atoms with van der Waals surface area (Å²) in [7, 11) is 0. The number of hydrogen-bond acceptors (Lipinski definition) is 4. The molecule has 0 bridgehead atoms. The predicted octanol–water partition coefficient (Wildman–Crippen LogP) is 1.25. The van der Waals surface area contributed by atoms with Gasteiger partial charge in [-0.3, -0.25) is 4.89 Å². The van der Waals surface area contributed by atoms with Gasteiger partial charge in [0.1, 0.15) is 0 Å². The van der Waals surface area contributed by atoms with Crippen LogP contribution in [0.15, 0.2) is 30.3 Å². The number of carbonyl (C=O) groups excluding carboxylic acids is 1. The van der Waals surface area contributed by atoms with Crippen molar-refractivity contribution in [2.45, 2.75) is 0 Å². The van der Waals surface area contributed by atoms with Crippen LogP contribution < -0.4 is 0 Å². The minimum Gasteiger partial charge on any atom is -0.263 e. The molecule has 1 aromatic carbocycles. The maximum absolute atomic E-state index is 10.7. The zero-order valence-electron chi connectivity index (χ0n) is 5.56. The summed E-state index contributed by atoms with van der Waals surface area (Å²) >= 11 is 0. The van der Waals surface area contributed by atoms with Gasteiger partial charge in [0.2, 0.25) is 0 Å². The Bertz CT molecular complexity index is 231. The first-order valence-electron chi connectivity index (χ1n) is 2.92. The van der Waals surface area contributed by atoms with Gasteiger partial charge in [-0.1, -0.05) is 18.2 Å². The largest absolute Gasteiger partial charge is 0.376 e. The van der Waals surface area contributed by atoms with E-state index in [1.54, 1.807) is 30.3 Å². The number of carbonyl (C=O) groups is 1. The molecule has 58 valence electrons. The Morgan fingerprint density at radius 2 is 1.91 bits per heavy atom. The van der Waals surface area contributed by atoms with Gasteiger partial charge in [-0.05, 0) is 17.2 Å². The lowest BCUT2D eigenvalue weighted by Gasteiger charge is -1.95. The van der Waals surface area contributed by atoms with E-state index >= 15 is 0 Å². The molecule has 11 heavy (non-hydrogen) atoms. The minimum absolute atomic E-state index is 0.321. The zero-order chi connectivity index (χ0) is 8.10. The van der Waals surface area contributed by atoms with Crippen LogP contribution in [-0.4, -0.2) is 11.2 Å². The van der Waals surface area contributed by atoms with E-state index in [0.29, 0.717) is 5.56 Å². The van der Waals surface area contributed by atoms with Gasteiger partial charge in [0.05, 0.1) is 5.56 Å². The quantitative estimate of drug-likeness (QED) is 0.514. The first kappa shape index (κ1) is 7.71. The summed E-state index contributed by atoms with van der Waals surface area (Å²) in [5, 5.41) is 11.0. The first-order valence-corrected chi connectivity index (χ1v) is 2.92. The summed E-state index contributed by atoms with van der Waals surface area (Å²) in [6, 6.07) is 8.20. The van der Waals surface area contributed by atoms with Crippen LogP contribution in [0.5, 0.6) is 0 Å². The van der Waals surface area contributed by atoms with Gasteiger partial charge in [-0.15, -0.1) is 0 Å². The molecule has 0 aromatic heterocycles. The molecule has 0 aliphatic rings. The van der Waals surface area contributed by atoms with Crippen LogP contribution in [0.1, 0.15) is 10.4 Å². The average Bonchev–Trinajstić information content (AvgIpc) is 2.07. The lowest BCUT2D eigenvalue weighted by atomic mass is 10.2. The fourth-order valence-electron chi connectivity index (χ4n) is 0.656. The third-order valence-electron chi connectivity index (χ3n) is 1.12. The molecule has 1 aromatic rings. The summed E-state index contributed by atoms with van der Waals surface area (Å²) in [4.78, 5) is 14.6. The molecular formula is C7H6O4. The SMILES string of the molecule is O=C(OOO)c1ccccc1. The van der Waals surface area contributed by atoms with Crippen molar-refractivity contribution in [1.29, 1.82) is 0 Å². The van der Waals surface area contributed by atoms with Gasteiger partial charge in [0.25, 0.3) is 0 Å². The zero-order valence-corrected chi connectivity index (χ0v) is 5.56. The van der Waals surface area contributed by atoms with Crippen LogP contribution in [0.3, 0.4) is 0 Å². The molecule has 0 spiro atoms. The lowest BCUT2D eigenvalue weighted by Crippen LogP contribution is -2.03. The third-order valence-corrected chi connectivity index (χ3v) is 1.12. The predicted molar refractivity (Wildman–Crippen MR) is 35.6 cm³/mol. The van der Waals surface area contributed by atoms with E-state index in [2.05, 4.69) is 9.93 Å². The van der Waals surface area contributed by atoms with E-state index in [1.165, 1.54) is 0 Å². The Balaban J connectivity index is 2.69. The summed E-state index contributed by atoms with van der Waals surface area (Å²) in [6.07, 6.45) is 0. The fraction of sp³-hybridized carbons (Fsp3) is 0. The van der Waals surface area contributed by atoms with Crippen molar-refractivity contribution in [1.82, 2.24) is 0 Å². The molecule has 0 unspecified atom stereocenters. The molecule has 0 radical (unpaired) electrons. The Hall–Kier alpha value is -1.39. The molecule has 1 N–H and O–H groups in total. The van der Waals surface area contributed by atoms with E-state index in [1.807, 2.05) is 0 Å². The second-order valence-corrected chi connectivity index (χ2v) is 1.81. The molecule has 0 amide bonds. The van der Waals surface area contributed by atoms with Crippen LogP contribution >= 0.6 is 0 Å². The van der Waals surface area contributed by atoms with Gasteiger partial charge in [-0.2, -0.15) is 0 Å². The summed E-state index contributed by atoms with van der Waals surface area (Å²) in [5.74, 6) is -0.729. The van der Waals surface area contributed by atoms with Crippen molar-refractivity contribution < 1.29 is 20.0 Å². The molecule has 0 fully saturated rings. The third kappa shape index (κ3) is 2.03. The van der Waals surface area contributed by atoms with Gasteiger partial charge in [0, 0.05) is 0 Å². The molecule has 1 rings (SSSR count). The highest BCUT2D eigenvalue weighted by atomic mass is 17.5. The van der Waals surface area contributed by atoms with Crippen LogP contribution in [0.25, 0.3) is 0 Å². The highest BCUT2D eigenvalue weighted by molar-refractivity contribution is 5.88. The molecule has 4 heteroatoms. The van der Waals surface area contributed by atoms with Crippen LogP contribution in [0, 0.1) is 0 Å². The first-order chi connectivity index (χ1) is 5.34. The van der Waals surface area contributed by atoms with E-state index in [0.717, 1.165) is 0 Å².